The quantitative estimate of drug-likeness (QED) is 0.819. The van der Waals surface area contributed by atoms with Gasteiger partial charge in [-0.3, -0.25) is 9.59 Å². The van der Waals surface area contributed by atoms with Crippen molar-refractivity contribution in [3.05, 3.63) is 34.9 Å². The molecule has 134 valence electrons. The molecule has 1 heterocycles. The highest BCUT2D eigenvalue weighted by molar-refractivity contribution is 6.30. The highest BCUT2D eigenvalue weighted by Crippen LogP contribution is 2.31. The average Bonchev–Trinajstić information content (AvgIpc) is 3.45. The van der Waals surface area contributed by atoms with E-state index in [1.807, 2.05) is 4.90 Å². The molecule has 5 nitrogen and oxygen atoms in total. The summed E-state index contributed by atoms with van der Waals surface area (Å²) in [5.41, 5.74) is 0.759. The molecule has 25 heavy (non-hydrogen) atoms. The molecule has 0 unspecified atom stereocenters. The van der Waals surface area contributed by atoms with Gasteiger partial charge in [-0.05, 0) is 50.0 Å². The van der Waals surface area contributed by atoms with Crippen LogP contribution in [0.1, 0.15) is 31.2 Å². The van der Waals surface area contributed by atoms with E-state index in [-0.39, 0.29) is 23.8 Å². The van der Waals surface area contributed by atoms with Gasteiger partial charge in [0.2, 0.25) is 11.8 Å². The van der Waals surface area contributed by atoms with Crippen LogP contribution >= 0.6 is 11.6 Å². The number of methoxy groups -OCH3 is 1. The molecule has 1 aliphatic heterocycles. The second kappa shape index (κ2) is 7.91. The third-order valence-corrected chi connectivity index (χ3v) is 4.92. The minimum Gasteiger partial charge on any atom is -0.496 e. The third kappa shape index (κ3) is 4.75. The van der Waals surface area contributed by atoms with Crippen LogP contribution in [0.5, 0.6) is 5.75 Å². The van der Waals surface area contributed by atoms with Crippen molar-refractivity contribution in [2.45, 2.75) is 31.7 Å². The van der Waals surface area contributed by atoms with Crippen molar-refractivity contribution < 1.29 is 14.3 Å². The van der Waals surface area contributed by atoms with E-state index >= 15 is 0 Å². The molecule has 0 bridgehead atoms. The normalized spacial score (nSPS) is 18.4. The van der Waals surface area contributed by atoms with E-state index in [1.54, 1.807) is 31.4 Å². The third-order valence-electron chi connectivity index (χ3n) is 4.69. The number of ether oxygens (including phenoxy) is 1. The van der Waals surface area contributed by atoms with Gasteiger partial charge in [-0.2, -0.15) is 0 Å². The highest BCUT2D eigenvalue weighted by Gasteiger charge is 2.34. The largest absolute Gasteiger partial charge is 0.496 e. The molecule has 2 amide bonds. The van der Waals surface area contributed by atoms with Crippen LogP contribution < -0.4 is 10.1 Å². The number of hydrogen-bond acceptors (Lipinski definition) is 3. The van der Waals surface area contributed by atoms with E-state index < -0.39 is 0 Å². The topological polar surface area (TPSA) is 58.6 Å². The van der Waals surface area contributed by atoms with Crippen LogP contribution in [0.25, 0.3) is 6.08 Å². The zero-order chi connectivity index (χ0) is 17.8. The lowest BCUT2D eigenvalue weighted by molar-refractivity contribution is -0.133. The van der Waals surface area contributed by atoms with E-state index in [0.29, 0.717) is 10.8 Å². The number of piperidine rings is 1. The Morgan fingerprint density at radius 2 is 1.96 bits per heavy atom. The van der Waals surface area contributed by atoms with Gasteiger partial charge in [-0.15, -0.1) is 0 Å². The number of rotatable bonds is 5. The first-order chi connectivity index (χ1) is 12.1. The molecular formula is C19H23ClN2O3. The van der Waals surface area contributed by atoms with E-state index in [1.165, 1.54) is 6.08 Å². The zero-order valence-electron chi connectivity index (χ0n) is 14.3. The summed E-state index contributed by atoms with van der Waals surface area (Å²) in [6.45, 7) is 1.46. The summed E-state index contributed by atoms with van der Waals surface area (Å²) in [6.07, 6.45) is 6.87. The number of carbonyl (C=O) groups is 2. The molecule has 3 rings (SSSR count). The first-order valence-electron chi connectivity index (χ1n) is 8.67. The molecule has 1 N–H and O–H groups in total. The summed E-state index contributed by atoms with van der Waals surface area (Å²) < 4.78 is 5.26. The minimum absolute atomic E-state index is 0.113. The van der Waals surface area contributed by atoms with Crippen molar-refractivity contribution in [1.82, 2.24) is 10.2 Å². The fourth-order valence-corrected chi connectivity index (χ4v) is 3.26. The van der Waals surface area contributed by atoms with Crippen LogP contribution in [-0.2, 0) is 9.59 Å². The molecule has 1 saturated carbocycles. The molecule has 1 aromatic rings. The molecule has 1 aliphatic carbocycles. The number of nitrogens with one attached hydrogen (secondary N) is 1. The summed E-state index contributed by atoms with van der Waals surface area (Å²) >= 11 is 5.99. The van der Waals surface area contributed by atoms with Crippen molar-refractivity contribution in [2.24, 2.45) is 5.92 Å². The van der Waals surface area contributed by atoms with Gasteiger partial charge in [0.25, 0.3) is 0 Å². The van der Waals surface area contributed by atoms with Crippen LogP contribution in [0.4, 0.5) is 0 Å². The van der Waals surface area contributed by atoms with Gasteiger partial charge < -0.3 is 15.0 Å². The first-order valence-corrected chi connectivity index (χ1v) is 9.05. The van der Waals surface area contributed by atoms with Crippen LogP contribution in [0, 0.1) is 5.92 Å². The lowest BCUT2D eigenvalue weighted by Crippen LogP contribution is -2.46. The Bertz CT molecular complexity index is 677. The second-order valence-electron chi connectivity index (χ2n) is 6.60. The van der Waals surface area contributed by atoms with Gasteiger partial charge in [-0.1, -0.05) is 11.6 Å². The molecule has 0 radical (unpaired) electrons. The highest BCUT2D eigenvalue weighted by atomic mass is 35.5. The maximum Gasteiger partial charge on any atom is 0.244 e. The molecule has 1 aromatic carbocycles. The average molecular weight is 363 g/mol. The minimum atomic E-state index is -0.144. The lowest BCUT2D eigenvalue weighted by atomic mass is 10.0. The van der Waals surface area contributed by atoms with Gasteiger partial charge in [-0.25, -0.2) is 0 Å². The number of likely N-dealkylation sites (tertiary alicyclic amines) is 1. The summed E-state index contributed by atoms with van der Waals surface area (Å²) in [5.74, 6) is 1.08. The number of amides is 2. The predicted molar refractivity (Wildman–Crippen MR) is 97.5 cm³/mol. The maximum atomic E-state index is 12.2. The molecule has 0 aromatic heterocycles. The number of hydrogen-bond donors (Lipinski definition) is 1. The van der Waals surface area contributed by atoms with E-state index in [2.05, 4.69) is 5.32 Å². The van der Waals surface area contributed by atoms with Gasteiger partial charge in [0.05, 0.1) is 7.11 Å². The van der Waals surface area contributed by atoms with Gasteiger partial charge in [0.1, 0.15) is 5.75 Å². The van der Waals surface area contributed by atoms with Crippen molar-refractivity contribution in [1.29, 1.82) is 0 Å². The van der Waals surface area contributed by atoms with Crippen LogP contribution in [0.3, 0.4) is 0 Å². The summed E-state index contributed by atoms with van der Waals surface area (Å²) in [7, 11) is 1.58. The van der Waals surface area contributed by atoms with Crippen molar-refractivity contribution >= 4 is 29.5 Å². The lowest BCUT2D eigenvalue weighted by Gasteiger charge is -2.32. The first kappa shape index (κ1) is 17.8. The Morgan fingerprint density at radius 3 is 2.60 bits per heavy atom. The summed E-state index contributed by atoms with van der Waals surface area (Å²) in [6, 6.07) is 5.38. The molecule has 2 aliphatic rings. The number of halogens is 1. The van der Waals surface area contributed by atoms with E-state index in [4.69, 9.17) is 16.3 Å². The van der Waals surface area contributed by atoms with Crippen molar-refractivity contribution in [2.75, 3.05) is 20.2 Å². The molecule has 2 fully saturated rings. The van der Waals surface area contributed by atoms with E-state index in [0.717, 1.165) is 44.3 Å². The number of carbonyl (C=O) groups excluding carboxylic acids is 2. The molecule has 0 spiro atoms. The number of nitrogens with zero attached hydrogens (tertiary/aromatic N) is 1. The monoisotopic (exact) mass is 362 g/mol. The van der Waals surface area contributed by atoms with Gasteiger partial charge in [0, 0.05) is 41.7 Å². The Labute approximate surface area is 153 Å². The Balaban J connectivity index is 1.50. The predicted octanol–water partition coefficient (Wildman–Crippen LogP) is 2.88. The van der Waals surface area contributed by atoms with Crippen molar-refractivity contribution in [3.8, 4) is 5.75 Å². The fourth-order valence-electron chi connectivity index (χ4n) is 3.08. The Kier molecular flexibility index (Phi) is 5.63. The zero-order valence-corrected chi connectivity index (χ0v) is 15.1. The second-order valence-corrected chi connectivity index (χ2v) is 7.04. The molecule has 6 heteroatoms. The van der Waals surface area contributed by atoms with Gasteiger partial charge in [0.15, 0.2) is 0 Å². The number of benzene rings is 1. The molecule has 1 saturated heterocycles. The smallest absolute Gasteiger partial charge is 0.244 e. The summed E-state index contributed by atoms with van der Waals surface area (Å²) in [4.78, 5) is 26.1. The standard InChI is InChI=1S/C19H23ClN2O3/c1-25-17-6-5-15(20)12-14(17)4-7-18(23)21-16-8-10-22(11-9-16)19(24)13-2-3-13/h4-7,12-13,16H,2-3,8-11H2,1H3,(H,21,23). The van der Waals surface area contributed by atoms with E-state index in [9.17, 15) is 9.59 Å². The van der Waals surface area contributed by atoms with Crippen molar-refractivity contribution in [3.63, 3.8) is 0 Å². The fraction of sp³-hybridized carbons (Fsp3) is 0.474. The Hall–Kier alpha value is -2.01. The van der Waals surface area contributed by atoms with Crippen LogP contribution in [0.15, 0.2) is 24.3 Å². The van der Waals surface area contributed by atoms with Crippen LogP contribution in [0.2, 0.25) is 5.02 Å². The van der Waals surface area contributed by atoms with Crippen LogP contribution in [-0.4, -0.2) is 43.0 Å². The summed E-state index contributed by atoms with van der Waals surface area (Å²) in [5, 5.41) is 3.60. The van der Waals surface area contributed by atoms with Gasteiger partial charge >= 0.3 is 0 Å². The maximum absolute atomic E-state index is 12.2. The molecular weight excluding hydrogens is 340 g/mol. The Morgan fingerprint density at radius 1 is 1.24 bits per heavy atom. The SMILES string of the molecule is COc1ccc(Cl)cc1C=CC(=O)NC1CCN(C(=O)C2CC2)CC1. The molecule has 0 atom stereocenters.